The SMILES string of the molecule is CC[C@@H](C)NS(=O)(=O)c1c(F)cccc1F. The molecule has 1 atom stereocenters. The van der Waals surface area contributed by atoms with Gasteiger partial charge in [0.15, 0.2) is 4.90 Å². The summed E-state index contributed by atoms with van der Waals surface area (Å²) in [7, 11) is -4.13. The van der Waals surface area contributed by atoms with Crippen molar-refractivity contribution < 1.29 is 17.2 Å². The first kappa shape index (κ1) is 13.1. The monoisotopic (exact) mass is 249 g/mol. The molecule has 0 saturated carbocycles. The zero-order chi connectivity index (χ0) is 12.3. The Hall–Kier alpha value is -1.01. The van der Waals surface area contributed by atoms with Gasteiger partial charge < -0.3 is 0 Å². The number of benzene rings is 1. The minimum absolute atomic E-state index is 0.371. The number of rotatable bonds is 4. The first-order chi connectivity index (χ1) is 7.38. The summed E-state index contributed by atoms with van der Waals surface area (Å²) < 4.78 is 52.0. The molecule has 0 aliphatic heterocycles. The minimum atomic E-state index is -4.13. The third-order valence-corrected chi connectivity index (χ3v) is 3.80. The van der Waals surface area contributed by atoms with E-state index in [1.165, 1.54) is 0 Å². The predicted molar refractivity (Wildman–Crippen MR) is 56.4 cm³/mol. The van der Waals surface area contributed by atoms with E-state index in [1.54, 1.807) is 13.8 Å². The summed E-state index contributed by atoms with van der Waals surface area (Å²) >= 11 is 0. The number of nitrogens with one attached hydrogen (secondary N) is 1. The molecule has 0 fully saturated rings. The molecule has 90 valence electrons. The summed E-state index contributed by atoms with van der Waals surface area (Å²) in [5, 5.41) is 0. The molecule has 1 rings (SSSR count). The maximum absolute atomic E-state index is 13.2. The van der Waals surface area contributed by atoms with E-state index in [0.717, 1.165) is 18.2 Å². The second-order valence-electron chi connectivity index (χ2n) is 3.48. The molecule has 1 aromatic carbocycles. The highest BCUT2D eigenvalue weighted by Gasteiger charge is 2.24. The summed E-state index contributed by atoms with van der Waals surface area (Å²) in [4.78, 5) is -0.921. The molecule has 3 nitrogen and oxygen atoms in total. The van der Waals surface area contributed by atoms with Crippen molar-refractivity contribution in [1.82, 2.24) is 4.72 Å². The zero-order valence-electron chi connectivity index (χ0n) is 9.00. The van der Waals surface area contributed by atoms with E-state index in [9.17, 15) is 17.2 Å². The van der Waals surface area contributed by atoms with Gasteiger partial charge in [0.1, 0.15) is 11.6 Å². The fraction of sp³-hybridized carbons (Fsp3) is 0.400. The summed E-state index contributed by atoms with van der Waals surface area (Å²) in [6.45, 7) is 3.39. The van der Waals surface area contributed by atoms with Gasteiger partial charge in [-0.05, 0) is 25.5 Å². The van der Waals surface area contributed by atoms with Crippen LogP contribution in [-0.4, -0.2) is 14.5 Å². The molecule has 16 heavy (non-hydrogen) atoms. The van der Waals surface area contributed by atoms with Crippen molar-refractivity contribution in [2.24, 2.45) is 0 Å². The summed E-state index contributed by atoms with van der Waals surface area (Å²) in [6.07, 6.45) is 0.537. The lowest BCUT2D eigenvalue weighted by molar-refractivity contribution is 0.506. The molecule has 0 heterocycles. The van der Waals surface area contributed by atoms with E-state index in [2.05, 4.69) is 4.72 Å². The Bertz CT molecular complexity index is 453. The van der Waals surface area contributed by atoms with Crippen LogP contribution in [0.25, 0.3) is 0 Å². The second-order valence-corrected chi connectivity index (χ2v) is 5.13. The van der Waals surface area contributed by atoms with Crippen LogP contribution < -0.4 is 4.72 Å². The van der Waals surface area contributed by atoms with E-state index in [0.29, 0.717) is 6.42 Å². The van der Waals surface area contributed by atoms with Crippen molar-refractivity contribution >= 4 is 10.0 Å². The number of halogens is 2. The molecule has 0 aliphatic carbocycles. The maximum Gasteiger partial charge on any atom is 0.246 e. The number of hydrogen-bond donors (Lipinski definition) is 1. The van der Waals surface area contributed by atoms with Crippen LogP contribution in [0.5, 0.6) is 0 Å². The molecule has 0 saturated heterocycles. The van der Waals surface area contributed by atoms with Crippen LogP contribution in [-0.2, 0) is 10.0 Å². The average molecular weight is 249 g/mol. The van der Waals surface area contributed by atoms with Gasteiger partial charge in [0.25, 0.3) is 0 Å². The lowest BCUT2D eigenvalue weighted by atomic mass is 10.3. The molecule has 0 aromatic heterocycles. The van der Waals surface area contributed by atoms with Crippen molar-refractivity contribution in [1.29, 1.82) is 0 Å². The van der Waals surface area contributed by atoms with Gasteiger partial charge in [0.2, 0.25) is 10.0 Å². The highest BCUT2D eigenvalue weighted by atomic mass is 32.2. The van der Waals surface area contributed by atoms with Crippen LogP contribution in [0.3, 0.4) is 0 Å². The first-order valence-electron chi connectivity index (χ1n) is 4.84. The molecule has 0 unspecified atom stereocenters. The van der Waals surface area contributed by atoms with Gasteiger partial charge in [0, 0.05) is 6.04 Å². The highest BCUT2D eigenvalue weighted by molar-refractivity contribution is 7.89. The largest absolute Gasteiger partial charge is 0.246 e. The Morgan fingerprint density at radius 3 is 2.25 bits per heavy atom. The molecular weight excluding hydrogens is 236 g/mol. The summed E-state index contributed by atoms with van der Waals surface area (Å²) in [6, 6.07) is 2.57. The molecule has 1 N–H and O–H groups in total. The standard InChI is InChI=1S/C10H13F2NO2S/c1-3-7(2)13-16(14,15)10-8(11)5-4-6-9(10)12/h4-7,13H,3H2,1-2H3/t7-/m1/s1. The van der Waals surface area contributed by atoms with Crippen LogP contribution in [0.4, 0.5) is 8.78 Å². The van der Waals surface area contributed by atoms with Crippen LogP contribution in [0.1, 0.15) is 20.3 Å². The first-order valence-corrected chi connectivity index (χ1v) is 6.33. The molecule has 0 aliphatic rings. The van der Waals surface area contributed by atoms with Gasteiger partial charge in [-0.2, -0.15) is 0 Å². The van der Waals surface area contributed by atoms with Crippen molar-refractivity contribution in [3.63, 3.8) is 0 Å². The Morgan fingerprint density at radius 2 is 1.81 bits per heavy atom. The minimum Gasteiger partial charge on any atom is -0.208 e. The van der Waals surface area contributed by atoms with Gasteiger partial charge in [-0.1, -0.05) is 13.0 Å². The number of sulfonamides is 1. The highest BCUT2D eigenvalue weighted by Crippen LogP contribution is 2.18. The average Bonchev–Trinajstić information content (AvgIpc) is 2.16. The van der Waals surface area contributed by atoms with Crippen molar-refractivity contribution in [3.05, 3.63) is 29.8 Å². The number of hydrogen-bond acceptors (Lipinski definition) is 2. The van der Waals surface area contributed by atoms with Crippen molar-refractivity contribution in [2.45, 2.75) is 31.2 Å². The van der Waals surface area contributed by atoms with Crippen LogP contribution >= 0.6 is 0 Å². The lowest BCUT2D eigenvalue weighted by Crippen LogP contribution is -2.33. The van der Waals surface area contributed by atoms with Crippen LogP contribution in [0.15, 0.2) is 23.1 Å². The van der Waals surface area contributed by atoms with Gasteiger partial charge >= 0.3 is 0 Å². The van der Waals surface area contributed by atoms with Crippen molar-refractivity contribution in [3.8, 4) is 0 Å². The Kier molecular flexibility index (Phi) is 3.98. The van der Waals surface area contributed by atoms with E-state index in [4.69, 9.17) is 0 Å². The van der Waals surface area contributed by atoms with E-state index in [1.807, 2.05) is 0 Å². The van der Waals surface area contributed by atoms with Gasteiger partial charge in [-0.25, -0.2) is 21.9 Å². The quantitative estimate of drug-likeness (QED) is 0.887. The third kappa shape index (κ3) is 2.76. The molecule has 0 amide bonds. The summed E-state index contributed by atoms with van der Waals surface area (Å²) in [5.74, 6) is -2.17. The Morgan fingerprint density at radius 1 is 1.31 bits per heavy atom. The van der Waals surface area contributed by atoms with E-state index in [-0.39, 0.29) is 6.04 Å². The third-order valence-electron chi connectivity index (χ3n) is 2.16. The van der Waals surface area contributed by atoms with E-state index < -0.39 is 26.6 Å². The van der Waals surface area contributed by atoms with Crippen LogP contribution in [0, 0.1) is 11.6 Å². The summed E-state index contributed by atoms with van der Waals surface area (Å²) in [5.41, 5.74) is 0. The Balaban J connectivity index is 3.17. The molecule has 1 aromatic rings. The predicted octanol–water partition coefficient (Wildman–Crippen LogP) is 2.04. The second kappa shape index (κ2) is 4.88. The fourth-order valence-electron chi connectivity index (χ4n) is 1.15. The lowest BCUT2D eigenvalue weighted by Gasteiger charge is -2.12. The maximum atomic E-state index is 13.2. The topological polar surface area (TPSA) is 46.2 Å². The zero-order valence-corrected chi connectivity index (χ0v) is 9.81. The van der Waals surface area contributed by atoms with Gasteiger partial charge in [0.05, 0.1) is 0 Å². The molecule has 6 heteroatoms. The smallest absolute Gasteiger partial charge is 0.208 e. The van der Waals surface area contributed by atoms with Crippen LogP contribution in [0.2, 0.25) is 0 Å². The van der Waals surface area contributed by atoms with Crippen molar-refractivity contribution in [2.75, 3.05) is 0 Å². The Labute approximate surface area is 93.5 Å². The normalized spacial score (nSPS) is 13.8. The molecule has 0 radical (unpaired) electrons. The fourth-order valence-corrected chi connectivity index (χ4v) is 2.61. The van der Waals surface area contributed by atoms with Gasteiger partial charge in [-0.15, -0.1) is 0 Å². The van der Waals surface area contributed by atoms with E-state index >= 15 is 0 Å². The molecule has 0 spiro atoms. The molecule has 0 bridgehead atoms. The van der Waals surface area contributed by atoms with Gasteiger partial charge in [-0.3, -0.25) is 0 Å². The molecular formula is C10H13F2NO2S.